The fourth-order valence-electron chi connectivity index (χ4n) is 1.48. The minimum atomic E-state index is -8.50. The van der Waals surface area contributed by atoms with Crippen LogP contribution in [0.2, 0.25) is 0 Å². The van der Waals surface area contributed by atoms with Gasteiger partial charge in [0.15, 0.2) is 0 Å². The molecule has 38 heavy (non-hydrogen) atoms. The molecule has 0 aliphatic carbocycles. The quantitative estimate of drug-likeness (QED) is 0.206. The molecule has 0 heterocycles. The molecule has 0 aliphatic heterocycles. The van der Waals surface area contributed by atoms with E-state index in [1.54, 1.807) is 0 Å². The van der Waals surface area contributed by atoms with E-state index in [4.69, 9.17) is 0 Å². The Balaban J connectivity index is 0. The zero-order valence-electron chi connectivity index (χ0n) is 16.5. The smallest absolute Gasteiger partial charge is 0.542 e. The largest absolute Gasteiger partial charge is 1.00 e. The van der Waals surface area contributed by atoms with Gasteiger partial charge in [-0.15, -0.1) is 0 Å². The van der Waals surface area contributed by atoms with Gasteiger partial charge in [-0.05, 0) is 0 Å². The van der Waals surface area contributed by atoms with Crippen LogP contribution in [0.3, 0.4) is 0 Å². The summed E-state index contributed by atoms with van der Waals surface area (Å²) in [7, 11) is 0. The summed E-state index contributed by atoms with van der Waals surface area (Å²) < 4.78 is 263. The SMILES string of the molecule is O=C([O-])C(F)(F)OC(F)(F)C(F)(OC(F)(F)C(F)(OC(F)(F)C(F)(Cl)C(F)(F)F)C(F)(F)F)C(F)(F)F.[Na+]. The molecule has 0 N–H and O–H groups in total. The Morgan fingerprint density at radius 1 is 0.500 bits per heavy atom. The van der Waals surface area contributed by atoms with Gasteiger partial charge in [0.2, 0.25) is 0 Å². The molecular weight excluding hydrogens is 651 g/mol. The molecule has 0 aromatic carbocycles. The zero-order chi connectivity index (χ0) is 30.7. The van der Waals surface area contributed by atoms with E-state index >= 15 is 0 Å². The van der Waals surface area contributed by atoms with Crippen LogP contribution in [0.15, 0.2) is 0 Å². The molecule has 0 radical (unpaired) electrons. The Kier molecular flexibility index (Phi) is 11.0. The van der Waals surface area contributed by atoms with Crippen molar-refractivity contribution in [3.8, 4) is 0 Å². The van der Waals surface area contributed by atoms with E-state index in [9.17, 15) is 97.7 Å². The number of carbonyl (C=O) groups is 1. The molecule has 0 saturated heterocycles. The number of rotatable bonds is 10. The van der Waals surface area contributed by atoms with Crippen molar-refractivity contribution in [3.63, 3.8) is 0 Å². The molecule has 27 heteroatoms. The fraction of sp³-hybridized carbons (Fsp3) is 0.909. The van der Waals surface area contributed by atoms with Gasteiger partial charge < -0.3 is 9.90 Å². The molecule has 5 nitrogen and oxygen atoms in total. The number of carbonyl (C=O) groups excluding carboxylic acids is 1. The second-order valence-electron chi connectivity index (χ2n) is 5.92. The van der Waals surface area contributed by atoms with Crippen molar-refractivity contribution >= 4 is 17.6 Å². The maximum Gasteiger partial charge on any atom is 1.00 e. The van der Waals surface area contributed by atoms with Gasteiger partial charge in [0.1, 0.15) is 5.97 Å². The van der Waals surface area contributed by atoms with E-state index < -0.39 is 65.8 Å². The molecule has 0 spiro atoms. The predicted octanol–water partition coefficient (Wildman–Crippen LogP) is 2.08. The number of carboxylic acids is 1. The zero-order valence-corrected chi connectivity index (χ0v) is 19.2. The average Bonchev–Trinajstić information content (AvgIpc) is 2.56. The first-order valence-electron chi connectivity index (χ1n) is 7.35. The summed E-state index contributed by atoms with van der Waals surface area (Å²) in [5, 5.41) is 2.65. The van der Waals surface area contributed by atoms with Crippen molar-refractivity contribution < 1.29 is 141 Å². The maximum absolute atomic E-state index is 13.9. The third-order valence-electron chi connectivity index (χ3n) is 3.23. The van der Waals surface area contributed by atoms with Gasteiger partial charge in [0.05, 0.1) is 0 Å². The molecule has 0 rings (SSSR count). The summed E-state index contributed by atoms with van der Waals surface area (Å²) >= 11 is 3.47. The molecule has 0 amide bonds. The van der Waals surface area contributed by atoms with Gasteiger partial charge in [-0.2, -0.15) is 83.4 Å². The molecule has 0 saturated carbocycles. The van der Waals surface area contributed by atoms with E-state index in [2.05, 4.69) is 11.6 Å². The Bertz CT molecular complexity index is 854. The number of hydrogen-bond acceptors (Lipinski definition) is 5. The average molecular weight is 651 g/mol. The summed E-state index contributed by atoms with van der Waals surface area (Å²) in [6.45, 7) is 0. The van der Waals surface area contributed by atoms with Crippen LogP contribution >= 0.6 is 11.6 Å². The molecule has 222 valence electrons. The van der Waals surface area contributed by atoms with Crippen LogP contribution in [0.25, 0.3) is 0 Å². The Morgan fingerprint density at radius 3 is 1.00 bits per heavy atom. The minimum Gasteiger partial charge on any atom is -0.542 e. The number of aliphatic carboxylic acids is 1. The Labute approximate surface area is 219 Å². The van der Waals surface area contributed by atoms with E-state index in [0.717, 1.165) is 0 Å². The van der Waals surface area contributed by atoms with E-state index in [0.29, 0.717) is 0 Å². The number of carboxylic acid groups (broad SMARTS) is 1. The number of hydrogen-bond donors (Lipinski definition) is 0. The van der Waals surface area contributed by atoms with Gasteiger partial charge >= 0.3 is 89.4 Å². The van der Waals surface area contributed by atoms with Crippen molar-refractivity contribution in [2.75, 3.05) is 0 Å². The second-order valence-corrected chi connectivity index (χ2v) is 6.44. The molecule has 3 atom stereocenters. The van der Waals surface area contributed by atoms with Crippen LogP contribution in [-0.2, 0) is 19.0 Å². The molecular formula is C11ClF20NaO5. The van der Waals surface area contributed by atoms with Crippen LogP contribution in [0.5, 0.6) is 0 Å². The summed E-state index contributed by atoms with van der Waals surface area (Å²) in [4.78, 5) is 9.82. The van der Waals surface area contributed by atoms with Crippen molar-refractivity contribution in [3.05, 3.63) is 0 Å². The first-order valence-corrected chi connectivity index (χ1v) is 7.73. The first kappa shape index (κ1) is 39.4. The predicted molar refractivity (Wildman–Crippen MR) is 63.6 cm³/mol. The summed E-state index contributed by atoms with van der Waals surface area (Å²) in [5.41, 5.74) is 0. The van der Waals surface area contributed by atoms with Crippen molar-refractivity contribution in [1.82, 2.24) is 0 Å². The van der Waals surface area contributed by atoms with Gasteiger partial charge in [-0.3, -0.25) is 9.47 Å². The first-order chi connectivity index (χ1) is 15.6. The maximum atomic E-state index is 13.9. The van der Waals surface area contributed by atoms with Crippen molar-refractivity contribution in [2.24, 2.45) is 0 Å². The minimum absolute atomic E-state index is 0. The molecule has 0 aliphatic rings. The van der Waals surface area contributed by atoms with Gasteiger partial charge in [-0.25, -0.2) is 9.13 Å². The van der Waals surface area contributed by atoms with Crippen molar-refractivity contribution in [1.29, 1.82) is 0 Å². The summed E-state index contributed by atoms with van der Waals surface area (Å²) in [6.07, 6.45) is -55.0. The molecule has 0 aromatic heterocycles. The van der Waals surface area contributed by atoms with E-state index in [1.165, 1.54) is 14.2 Å². The molecule has 0 bridgehead atoms. The third kappa shape index (κ3) is 6.92. The topological polar surface area (TPSA) is 67.8 Å². The molecule has 0 fully saturated rings. The fourth-order valence-corrected chi connectivity index (χ4v) is 1.52. The standard InChI is InChI=1S/C11HClF20O5.Na/c12-3(15,6(18,19)20)9(27,28)36-5(17,8(24,25)26)11(31,32)37-4(16,7(21,22)23)10(29,30)35-2(13,14)1(33)34;/h(H,33,34);/q;+1/p-1. The number of ether oxygens (including phenoxy) is 3. The van der Waals surface area contributed by atoms with Crippen molar-refractivity contribution in [2.45, 2.75) is 59.8 Å². The molecule has 0 aromatic rings. The Hall–Kier alpha value is -0.760. The number of alkyl halides is 21. The Morgan fingerprint density at radius 2 is 0.763 bits per heavy atom. The second kappa shape index (κ2) is 10.6. The van der Waals surface area contributed by atoms with Crippen LogP contribution in [0, 0.1) is 0 Å². The van der Waals surface area contributed by atoms with E-state index in [1.807, 2.05) is 0 Å². The van der Waals surface area contributed by atoms with Gasteiger partial charge in [-0.1, -0.05) is 11.6 Å². The van der Waals surface area contributed by atoms with Gasteiger partial charge in [0, 0.05) is 0 Å². The third-order valence-corrected chi connectivity index (χ3v) is 3.67. The summed E-state index contributed by atoms with van der Waals surface area (Å²) in [5.74, 6) is -21.0. The number of halogens is 21. The van der Waals surface area contributed by atoms with Gasteiger partial charge in [0.25, 0.3) is 0 Å². The summed E-state index contributed by atoms with van der Waals surface area (Å²) in [6, 6.07) is 0. The van der Waals surface area contributed by atoms with Crippen LogP contribution in [-0.4, -0.2) is 65.8 Å². The van der Waals surface area contributed by atoms with Crippen LogP contribution in [0.1, 0.15) is 0 Å². The van der Waals surface area contributed by atoms with E-state index in [-0.39, 0.29) is 29.6 Å². The van der Waals surface area contributed by atoms with Crippen LogP contribution in [0.4, 0.5) is 87.8 Å². The van der Waals surface area contributed by atoms with Crippen LogP contribution < -0.4 is 34.7 Å². The normalized spacial score (nSPS) is 19.6. The molecule has 3 unspecified atom stereocenters. The monoisotopic (exact) mass is 650 g/mol.